The van der Waals surface area contributed by atoms with Crippen molar-refractivity contribution in [2.45, 2.75) is 0 Å². The van der Waals surface area contributed by atoms with Crippen LogP contribution in [0.3, 0.4) is 0 Å². The van der Waals surface area contributed by atoms with Crippen LogP contribution >= 0.6 is 0 Å². The smallest absolute Gasteiger partial charge is 0.121 e. The van der Waals surface area contributed by atoms with E-state index in [4.69, 9.17) is 14.6 Å². The highest BCUT2D eigenvalue weighted by Gasteiger charge is 2.14. The average Bonchev–Trinajstić information content (AvgIpc) is 3.07. The zero-order valence-electron chi connectivity index (χ0n) is 14.1. The molecule has 0 fully saturated rings. The van der Waals surface area contributed by atoms with E-state index in [0.29, 0.717) is 0 Å². The predicted molar refractivity (Wildman–Crippen MR) is 99.6 cm³/mol. The molecule has 0 amide bonds. The highest BCUT2D eigenvalue weighted by molar-refractivity contribution is 5.95. The first-order valence-electron chi connectivity index (χ1n) is 8.07. The van der Waals surface area contributed by atoms with Gasteiger partial charge in [-0.05, 0) is 30.3 Å². The van der Waals surface area contributed by atoms with Gasteiger partial charge in [0.1, 0.15) is 17.2 Å². The summed E-state index contributed by atoms with van der Waals surface area (Å²) in [5.74, 6) is 1.62. The highest BCUT2D eigenvalue weighted by Crippen LogP contribution is 2.32. The van der Waals surface area contributed by atoms with E-state index in [9.17, 15) is 0 Å². The number of rotatable bonds is 4. The van der Waals surface area contributed by atoms with Gasteiger partial charge in [-0.25, -0.2) is 4.68 Å². The Balaban J connectivity index is 1.99. The minimum Gasteiger partial charge on any atom is -0.497 e. The summed E-state index contributed by atoms with van der Waals surface area (Å²) in [6.07, 6.45) is 0. The SMILES string of the molecule is COc1cccc(-n2nc(-c3ccccc3)c3cc(OC)ccc32)c1. The van der Waals surface area contributed by atoms with Crippen LogP contribution in [0, 0.1) is 0 Å². The monoisotopic (exact) mass is 330 g/mol. The van der Waals surface area contributed by atoms with Crippen molar-refractivity contribution < 1.29 is 9.47 Å². The Morgan fingerprint density at radius 2 is 1.52 bits per heavy atom. The summed E-state index contributed by atoms with van der Waals surface area (Å²) in [4.78, 5) is 0. The van der Waals surface area contributed by atoms with Crippen LogP contribution in [0.5, 0.6) is 11.5 Å². The van der Waals surface area contributed by atoms with Gasteiger partial charge in [-0.3, -0.25) is 0 Å². The van der Waals surface area contributed by atoms with Crippen molar-refractivity contribution in [2.75, 3.05) is 14.2 Å². The van der Waals surface area contributed by atoms with E-state index >= 15 is 0 Å². The van der Waals surface area contributed by atoms with E-state index in [1.54, 1.807) is 14.2 Å². The molecule has 0 aliphatic heterocycles. The van der Waals surface area contributed by atoms with Crippen LogP contribution in [-0.4, -0.2) is 24.0 Å². The quantitative estimate of drug-likeness (QED) is 0.544. The zero-order chi connectivity index (χ0) is 17.2. The van der Waals surface area contributed by atoms with Gasteiger partial charge in [-0.1, -0.05) is 36.4 Å². The molecular weight excluding hydrogens is 312 g/mol. The summed E-state index contributed by atoms with van der Waals surface area (Å²) in [5, 5.41) is 5.94. The molecule has 4 nitrogen and oxygen atoms in total. The van der Waals surface area contributed by atoms with Gasteiger partial charge in [0.05, 0.1) is 25.4 Å². The Bertz CT molecular complexity index is 1020. The van der Waals surface area contributed by atoms with Gasteiger partial charge in [-0.15, -0.1) is 0 Å². The normalized spacial score (nSPS) is 10.8. The molecule has 0 aliphatic rings. The fraction of sp³-hybridized carbons (Fsp3) is 0.0952. The van der Waals surface area contributed by atoms with Gasteiger partial charge in [-0.2, -0.15) is 5.10 Å². The van der Waals surface area contributed by atoms with Crippen LogP contribution in [-0.2, 0) is 0 Å². The van der Waals surface area contributed by atoms with E-state index in [2.05, 4.69) is 12.1 Å². The summed E-state index contributed by atoms with van der Waals surface area (Å²) in [6.45, 7) is 0. The maximum atomic E-state index is 5.41. The van der Waals surface area contributed by atoms with Crippen molar-refractivity contribution in [1.29, 1.82) is 0 Å². The van der Waals surface area contributed by atoms with Crippen molar-refractivity contribution in [3.8, 4) is 28.4 Å². The summed E-state index contributed by atoms with van der Waals surface area (Å²) < 4.78 is 12.7. The maximum absolute atomic E-state index is 5.41. The van der Waals surface area contributed by atoms with Crippen LogP contribution in [0.4, 0.5) is 0 Å². The Kier molecular flexibility index (Phi) is 3.86. The molecule has 4 rings (SSSR count). The largest absolute Gasteiger partial charge is 0.497 e. The standard InChI is InChI=1S/C21H18N2O2/c1-24-17-10-6-9-16(13-17)23-20-12-11-18(25-2)14-19(20)21(22-23)15-7-4-3-5-8-15/h3-14H,1-2H3. The predicted octanol–water partition coefficient (Wildman–Crippen LogP) is 4.71. The first kappa shape index (κ1) is 15.3. The molecule has 3 aromatic carbocycles. The van der Waals surface area contributed by atoms with Crippen LogP contribution in [0.15, 0.2) is 72.8 Å². The number of aromatic nitrogens is 2. The second-order valence-electron chi connectivity index (χ2n) is 5.71. The molecule has 0 saturated heterocycles. The van der Waals surface area contributed by atoms with E-state index in [0.717, 1.165) is 39.3 Å². The van der Waals surface area contributed by atoms with Gasteiger partial charge in [0, 0.05) is 17.0 Å². The lowest BCUT2D eigenvalue weighted by Crippen LogP contribution is -1.97. The molecule has 0 saturated carbocycles. The Labute approximate surface area is 146 Å². The molecule has 25 heavy (non-hydrogen) atoms. The number of hydrogen-bond acceptors (Lipinski definition) is 3. The van der Waals surface area contributed by atoms with Crippen molar-refractivity contribution >= 4 is 10.9 Å². The van der Waals surface area contributed by atoms with Crippen LogP contribution in [0.1, 0.15) is 0 Å². The van der Waals surface area contributed by atoms with Crippen molar-refractivity contribution in [1.82, 2.24) is 9.78 Å². The number of ether oxygens (including phenoxy) is 2. The van der Waals surface area contributed by atoms with Gasteiger partial charge in [0.15, 0.2) is 0 Å². The molecule has 0 aliphatic carbocycles. The third kappa shape index (κ3) is 2.72. The van der Waals surface area contributed by atoms with Crippen LogP contribution in [0.2, 0.25) is 0 Å². The molecule has 1 aromatic heterocycles. The van der Waals surface area contributed by atoms with Crippen LogP contribution < -0.4 is 9.47 Å². The Hall–Kier alpha value is -3.27. The minimum absolute atomic E-state index is 0.802. The fourth-order valence-electron chi connectivity index (χ4n) is 2.97. The molecule has 0 bridgehead atoms. The van der Waals surface area contributed by atoms with Crippen LogP contribution in [0.25, 0.3) is 27.8 Å². The number of methoxy groups -OCH3 is 2. The van der Waals surface area contributed by atoms with Gasteiger partial charge in [0.2, 0.25) is 0 Å². The van der Waals surface area contributed by atoms with E-state index in [-0.39, 0.29) is 0 Å². The summed E-state index contributed by atoms with van der Waals surface area (Å²) in [7, 11) is 3.34. The lowest BCUT2D eigenvalue weighted by Gasteiger charge is -2.06. The third-order valence-corrected chi connectivity index (χ3v) is 4.23. The topological polar surface area (TPSA) is 36.3 Å². The van der Waals surface area contributed by atoms with Crippen molar-refractivity contribution in [3.63, 3.8) is 0 Å². The number of nitrogens with zero attached hydrogens (tertiary/aromatic N) is 2. The first-order chi connectivity index (χ1) is 12.3. The summed E-state index contributed by atoms with van der Waals surface area (Å²) in [6, 6.07) is 24.1. The second kappa shape index (κ2) is 6.32. The number of fused-ring (bicyclic) bond motifs is 1. The highest BCUT2D eigenvalue weighted by atomic mass is 16.5. The maximum Gasteiger partial charge on any atom is 0.121 e. The van der Waals surface area contributed by atoms with Crippen molar-refractivity contribution in [2.24, 2.45) is 0 Å². The molecular formula is C21H18N2O2. The Morgan fingerprint density at radius 1 is 0.760 bits per heavy atom. The van der Waals surface area contributed by atoms with E-state index < -0.39 is 0 Å². The molecule has 4 aromatic rings. The minimum atomic E-state index is 0.802. The first-order valence-corrected chi connectivity index (χ1v) is 8.07. The van der Waals surface area contributed by atoms with Gasteiger partial charge >= 0.3 is 0 Å². The average molecular weight is 330 g/mol. The van der Waals surface area contributed by atoms with Crippen molar-refractivity contribution in [3.05, 3.63) is 72.8 Å². The third-order valence-electron chi connectivity index (χ3n) is 4.23. The van der Waals surface area contributed by atoms with E-state index in [1.165, 1.54) is 0 Å². The molecule has 0 atom stereocenters. The molecule has 124 valence electrons. The molecule has 0 unspecified atom stereocenters. The lowest BCUT2D eigenvalue weighted by atomic mass is 10.1. The second-order valence-corrected chi connectivity index (χ2v) is 5.71. The Morgan fingerprint density at radius 3 is 2.28 bits per heavy atom. The summed E-state index contributed by atoms with van der Waals surface area (Å²) >= 11 is 0. The zero-order valence-corrected chi connectivity index (χ0v) is 14.1. The lowest BCUT2D eigenvalue weighted by molar-refractivity contribution is 0.414. The summed E-state index contributed by atoms with van der Waals surface area (Å²) in [5.41, 5.74) is 3.98. The number of hydrogen-bond donors (Lipinski definition) is 0. The van der Waals surface area contributed by atoms with Gasteiger partial charge < -0.3 is 9.47 Å². The van der Waals surface area contributed by atoms with E-state index in [1.807, 2.05) is 65.3 Å². The molecule has 1 heterocycles. The molecule has 0 spiro atoms. The fourth-order valence-corrected chi connectivity index (χ4v) is 2.97. The molecule has 0 N–H and O–H groups in total. The molecule has 0 radical (unpaired) electrons. The number of benzene rings is 3. The van der Waals surface area contributed by atoms with Gasteiger partial charge in [0.25, 0.3) is 0 Å². The molecule has 4 heteroatoms.